The van der Waals surface area contributed by atoms with E-state index in [9.17, 15) is 13.6 Å². The molecular weight excluding hydrogens is 308 g/mol. The zero-order chi connectivity index (χ0) is 13.5. The summed E-state index contributed by atoms with van der Waals surface area (Å²) in [6, 6.07) is 5.89. The Morgan fingerprint density at radius 1 is 1.44 bits per heavy atom. The molecule has 0 aliphatic rings. The molecule has 1 atom stereocenters. The summed E-state index contributed by atoms with van der Waals surface area (Å²) < 4.78 is 28.7. The van der Waals surface area contributed by atoms with Gasteiger partial charge in [-0.05, 0) is 18.6 Å². The van der Waals surface area contributed by atoms with Gasteiger partial charge in [0.05, 0.1) is 5.56 Å². The number of rotatable bonds is 6. The van der Waals surface area contributed by atoms with Gasteiger partial charge in [-0.15, -0.1) is 0 Å². The number of hydrogen-bond acceptors (Lipinski definition) is 2. The molecule has 0 aliphatic carbocycles. The third-order valence-electron chi connectivity index (χ3n) is 2.36. The quantitative estimate of drug-likeness (QED) is 0.817. The van der Waals surface area contributed by atoms with E-state index >= 15 is 0 Å². The average Bonchev–Trinajstić information content (AvgIpc) is 2.35. The Morgan fingerprint density at radius 2 is 2.11 bits per heavy atom. The topological polar surface area (TPSA) is 38.3 Å². The molecule has 0 radical (unpaired) electrons. The van der Waals surface area contributed by atoms with Crippen molar-refractivity contribution < 1.29 is 18.3 Å². The van der Waals surface area contributed by atoms with Crippen molar-refractivity contribution in [2.24, 2.45) is 0 Å². The van der Waals surface area contributed by atoms with Crippen LogP contribution in [0.3, 0.4) is 0 Å². The van der Waals surface area contributed by atoms with Crippen molar-refractivity contribution in [3.63, 3.8) is 0 Å². The molecule has 0 heterocycles. The zero-order valence-corrected chi connectivity index (χ0v) is 11.4. The number of nitrogens with one attached hydrogen (secondary N) is 1. The Kier molecular flexibility index (Phi) is 6.04. The van der Waals surface area contributed by atoms with Crippen LogP contribution in [0.1, 0.15) is 23.7 Å². The van der Waals surface area contributed by atoms with E-state index in [1.807, 2.05) is 6.92 Å². The predicted molar refractivity (Wildman–Crippen MR) is 68.4 cm³/mol. The van der Waals surface area contributed by atoms with Crippen LogP contribution in [0.5, 0.6) is 5.75 Å². The average molecular weight is 322 g/mol. The summed E-state index contributed by atoms with van der Waals surface area (Å²) in [6.45, 7) is -1.02. The highest BCUT2D eigenvalue weighted by atomic mass is 79.9. The lowest BCUT2D eigenvalue weighted by atomic mass is 10.1. The van der Waals surface area contributed by atoms with Crippen molar-refractivity contribution in [1.82, 2.24) is 5.32 Å². The number of amides is 1. The second kappa shape index (κ2) is 7.31. The Balaban J connectivity index is 2.84. The second-order valence-corrected chi connectivity index (χ2v) is 4.26. The van der Waals surface area contributed by atoms with Crippen LogP contribution in [0.15, 0.2) is 24.3 Å². The predicted octanol–water partition coefficient (Wildman–Crippen LogP) is 3.19. The maximum Gasteiger partial charge on any atom is 0.387 e. The first kappa shape index (κ1) is 14.9. The van der Waals surface area contributed by atoms with Crippen LogP contribution in [-0.4, -0.2) is 23.9 Å². The van der Waals surface area contributed by atoms with Crippen molar-refractivity contribution in [1.29, 1.82) is 0 Å². The third-order valence-corrected chi connectivity index (χ3v) is 3.14. The van der Waals surface area contributed by atoms with Crippen LogP contribution in [0.25, 0.3) is 0 Å². The van der Waals surface area contributed by atoms with E-state index in [2.05, 4.69) is 26.0 Å². The van der Waals surface area contributed by atoms with Gasteiger partial charge in [0.15, 0.2) is 0 Å². The largest absolute Gasteiger partial charge is 0.434 e. The first-order valence-corrected chi connectivity index (χ1v) is 6.61. The molecule has 0 spiro atoms. The fourth-order valence-electron chi connectivity index (χ4n) is 1.37. The van der Waals surface area contributed by atoms with Gasteiger partial charge >= 0.3 is 6.61 Å². The molecule has 100 valence electrons. The Morgan fingerprint density at radius 3 is 2.67 bits per heavy atom. The van der Waals surface area contributed by atoms with Crippen molar-refractivity contribution in [2.75, 3.05) is 5.33 Å². The lowest BCUT2D eigenvalue weighted by Crippen LogP contribution is -2.35. The van der Waals surface area contributed by atoms with E-state index in [-0.39, 0.29) is 17.4 Å². The van der Waals surface area contributed by atoms with Gasteiger partial charge in [-0.1, -0.05) is 35.0 Å². The summed E-state index contributed by atoms with van der Waals surface area (Å²) in [5.41, 5.74) is 0.109. The Bertz CT molecular complexity index is 397. The van der Waals surface area contributed by atoms with Gasteiger partial charge in [0.25, 0.3) is 5.91 Å². The molecule has 1 aromatic rings. The smallest absolute Gasteiger partial charge is 0.387 e. The summed E-state index contributed by atoms with van der Waals surface area (Å²) in [5, 5.41) is 3.34. The maximum atomic E-state index is 12.2. The van der Waals surface area contributed by atoms with Crippen molar-refractivity contribution >= 4 is 21.8 Å². The van der Waals surface area contributed by atoms with Gasteiger partial charge in [0.1, 0.15) is 5.75 Å². The van der Waals surface area contributed by atoms with Crippen LogP contribution in [0, 0.1) is 0 Å². The van der Waals surface area contributed by atoms with Crippen molar-refractivity contribution in [3.8, 4) is 5.75 Å². The monoisotopic (exact) mass is 321 g/mol. The van der Waals surface area contributed by atoms with Gasteiger partial charge in [-0.25, -0.2) is 0 Å². The van der Waals surface area contributed by atoms with E-state index in [1.54, 1.807) is 6.07 Å². The molecule has 6 heteroatoms. The summed E-state index contributed by atoms with van der Waals surface area (Å²) in [4.78, 5) is 11.9. The SMILES string of the molecule is CCC(CBr)NC(=O)c1ccccc1OC(F)F. The molecule has 18 heavy (non-hydrogen) atoms. The highest BCUT2D eigenvalue weighted by Gasteiger charge is 2.17. The van der Waals surface area contributed by atoms with Crippen molar-refractivity contribution in [2.45, 2.75) is 26.0 Å². The highest BCUT2D eigenvalue weighted by Crippen LogP contribution is 2.20. The van der Waals surface area contributed by atoms with E-state index in [4.69, 9.17) is 0 Å². The Hall–Kier alpha value is -1.17. The summed E-state index contributed by atoms with van der Waals surface area (Å²) in [7, 11) is 0. The zero-order valence-electron chi connectivity index (χ0n) is 9.83. The number of halogens is 3. The Labute approximate surface area is 113 Å². The minimum absolute atomic E-state index is 0.0443. The standard InChI is InChI=1S/C12H14BrF2NO2/c1-2-8(7-13)16-11(17)9-5-3-4-6-10(9)18-12(14)15/h3-6,8,12H,2,7H2,1H3,(H,16,17). The van der Waals surface area contributed by atoms with Gasteiger partial charge in [-0.3, -0.25) is 4.79 Å². The maximum absolute atomic E-state index is 12.2. The van der Waals surface area contributed by atoms with E-state index in [1.165, 1.54) is 18.2 Å². The molecule has 0 saturated carbocycles. The molecule has 0 aromatic heterocycles. The van der Waals surface area contributed by atoms with Crippen LogP contribution >= 0.6 is 15.9 Å². The summed E-state index contributed by atoms with van der Waals surface area (Å²) in [5.74, 6) is -0.535. The number of para-hydroxylation sites is 1. The van der Waals surface area contributed by atoms with Gasteiger partial charge in [0, 0.05) is 11.4 Å². The van der Waals surface area contributed by atoms with Crippen LogP contribution in [-0.2, 0) is 0 Å². The number of alkyl halides is 3. The summed E-state index contributed by atoms with van der Waals surface area (Å²) >= 11 is 3.27. The minimum Gasteiger partial charge on any atom is -0.434 e. The molecule has 1 rings (SSSR count). The van der Waals surface area contributed by atoms with E-state index < -0.39 is 12.5 Å². The van der Waals surface area contributed by atoms with Crippen LogP contribution in [0.4, 0.5) is 8.78 Å². The molecular formula is C12H14BrF2NO2. The first-order chi connectivity index (χ1) is 8.58. The van der Waals surface area contributed by atoms with Crippen LogP contribution in [0.2, 0.25) is 0 Å². The molecule has 1 amide bonds. The van der Waals surface area contributed by atoms with Gasteiger partial charge < -0.3 is 10.1 Å². The molecule has 1 aromatic carbocycles. The number of benzene rings is 1. The van der Waals surface area contributed by atoms with Crippen LogP contribution < -0.4 is 10.1 Å². The molecule has 1 N–H and O–H groups in total. The number of hydrogen-bond donors (Lipinski definition) is 1. The third kappa shape index (κ3) is 4.25. The lowest BCUT2D eigenvalue weighted by molar-refractivity contribution is -0.0501. The second-order valence-electron chi connectivity index (χ2n) is 3.61. The number of carbonyl (C=O) groups is 1. The summed E-state index contributed by atoms with van der Waals surface area (Å²) in [6.07, 6.45) is 0.745. The first-order valence-electron chi connectivity index (χ1n) is 5.49. The molecule has 3 nitrogen and oxygen atoms in total. The lowest BCUT2D eigenvalue weighted by Gasteiger charge is -2.15. The van der Waals surface area contributed by atoms with Gasteiger partial charge in [-0.2, -0.15) is 8.78 Å². The van der Waals surface area contributed by atoms with E-state index in [0.717, 1.165) is 6.42 Å². The minimum atomic E-state index is -2.95. The molecule has 0 fully saturated rings. The fraction of sp³-hybridized carbons (Fsp3) is 0.417. The molecule has 0 aliphatic heterocycles. The molecule has 0 bridgehead atoms. The van der Waals surface area contributed by atoms with E-state index in [0.29, 0.717) is 5.33 Å². The number of ether oxygens (including phenoxy) is 1. The molecule has 0 saturated heterocycles. The van der Waals surface area contributed by atoms with Gasteiger partial charge in [0.2, 0.25) is 0 Å². The normalized spacial score (nSPS) is 12.3. The fourth-order valence-corrected chi connectivity index (χ4v) is 1.99. The number of carbonyl (C=O) groups excluding carboxylic acids is 1. The highest BCUT2D eigenvalue weighted by molar-refractivity contribution is 9.09. The van der Waals surface area contributed by atoms with Crippen molar-refractivity contribution in [3.05, 3.63) is 29.8 Å². The molecule has 1 unspecified atom stereocenters.